The first-order valence-electron chi connectivity index (χ1n) is 5.46. The molecule has 0 aliphatic carbocycles. The standard InChI is InChI=1S/C11H18N4O/c1-9-6-14-10(7-13-9)8-15-11(16)4-2-3-5-12/h6-7H,2-5,8,12H2,1H3,(H,15,16). The highest BCUT2D eigenvalue weighted by molar-refractivity contribution is 5.75. The second-order valence-corrected chi connectivity index (χ2v) is 3.67. The maximum Gasteiger partial charge on any atom is 0.220 e. The molecule has 0 spiro atoms. The second kappa shape index (κ2) is 6.90. The van der Waals surface area contributed by atoms with Crippen LogP contribution in [-0.2, 0) is 11.3 Å². The first kappa shape index (κ1) is 12.6. The number of rotatable bonds is 6. The molecule has 0 unspecified atom stereocenters. The van der Waals surface area contributed by atoms with Gasteiger partial charge in [-0.1, -0.05) is 0 Å². The van der Waals surface area contributed by atoms with Gasteiger partial charge in [-0.05, 0) is 26.3 Å². The number of unbranched alkanes of at least 4 members (excludes halogenated alkanes) is 1. The van der Waals surface area contributed by atoms with Crippen molar-refractivity contribution in [1.29, 1.82) is 0 Å². The lowest BCUT2D eigenvalue weighted by molar-refractivity contribution is -0.121. The quantitative estimate of drug-likeness (QED) is 0.688. The average molecular weight is 222 g/mol. The molecule has 1 rings (SSSR count). The number of aryl methyl sites for hydroxylation is 1. The number of aromatic nitrogens is 2. The minimum atomic E-state index is 0.0378. The normalized spacial score (nSPS) is 10.1. The Kier molecular flexibility index (Phi) is 5.42. The van der Waals surface area contributed by atoms with Crippen LogP contribution >= 0.6 is 0 Å². The monoisotopic (exact) mass is 222 g/mol. The summed E-state index contributed by atoms with van der Waals surface area (Å²) >= 11 is 0. The Labute approximate surface area is 95.5 Å². The molecule has 1 amide bonds. The maximum atomic E-state index is 11.4. The first-order valence-corrected chi connectivity index (χ1v) is 5.46. The smallest absolute Gasteiger partial charge is 0.220 e. The van der Waals surface area contributed by atoms with Gasteiger partial charge in [0.25, 0.3) is 0 Å². The van der Waals surface area contributed by atoms with Crippen LogP contribution in [0.25, 0.3) is 0 Å². The minimum Gasteiger partial charge on any atom is -0.350 e. The number of hydrogen-bond acceptors (Lipinski definition) is 4. The van der Waals surface area contributed by atoms with Crippen LogP contribution < -0.4 is 11.1 Å². The Morgan fingerprint density at radius 3 is 2.81 bits per heavy atom. The highest BCUT2D eigenvalue weighted by atomic mass is 16.1. The van der Waals surface area contributed by atoms with E-state index in [1.807, 2.05) is 6.92 Å². The third-order valence-corrected chi connectivity index (χ3v) is 2.16. The van der Waals surface area contributed by atoms with Crippen molar-refractivity contribution in [2.24, 2.45) is 5.73 Å². The molecule has 1 heterocycles. The summed E-state index contributed by atoms with van der Waals surface area (Å²) in [4.78, 5) is 19.6. The first-order chi connectivity index (χ1) is 7.72. The van der Waals surface area contributed by atoms with Crippen molar-refractivity contribution in [3.8, 4) is 0 Å². The van der Waals surface area contributed by atoms with E-state index >= 15 is 0 Å². The summed E-state index contributed by atoms with van der Waals surface area (Å²) in [6, 6.07) is 0. The van der Waals surface area contributed by atoms with Crippen molar-refractivity contribution in [2.45, 2.75) is 32.7 Å². The van der Waals surface area contributed by atoms with Gasteiger partial charge in [-0.2, -0.15) is 0 Å². The molecule has 1 aromatic heterocycles. The highest BCUT2D eigenvalue weighted by Crippen LogP contribution is 1.96. The predicted octanol–water partition coefficient (Wildman–Crippen LogP) is 0.530. The summed E-state index contributed by atoms with van der Waals surface area (Å²) in [7, 11) is 0. The summed E-state index contributed by atoms with van der Waals surface area (Å²) in [6.07, 6.45) is 5.61. The van der Waals surface area contributed by atoms with E-state index in [2.05, 4.69) is 15.3 Å². The van der Waals surface area contributed by atoms with E-state index in [-0.39, 0.29) is 5.91 Å². The lowest BCUT2D eigenvalue weighted by Crippen LogP contribution is -2.23. The van der Waals surface area contributed by atoms with Gasteiger partial charge in [-0.25, -0.2) is 0 Å². The SMILES string of the molecule is Cc1cnc(CNC(=O)CCCCN)cn1. The zero-order chi connectivity index (χ0) is 11.8. The molecule has 0 bridgehead atoms. The van der Waals surface area contributed by atoms with Gasteiger partial charge in [0.2, 0.25) is 5.91 Å². The maximum absolute atomic E-state index is 11.4. The summed E-state index contributed by atoms with van der Waals surface area (Å²) in [6.45, 7) is 2.95. The molecule has 0 fully saturated rings. The zero-order valence-corrected chi connectivity index (χ0v) is 9.57. The van der Waals surface area contributed by atoms with E-state index in [0.717, 1.165) is 24.2 Å². The van der Waals surface area contributed by atoms with E-state index in [4.69, 9.17) is 5.73 Å². The van der Waals surface area contributed by atoms with Gasteiger partial charge in [0.1, 0.15) is 0 Å². The highest BCUT2D eigenvalue weighted by Gasteiger charge is 2.01. The molecular weight excluding hydrogens is 204 g/mol. The molecule has 0 aliphatic rings. The molecule has 0 radical (unpaired) electrons. The number of amides is 1. The van der Waals surface area contributed by atoms with Crippen molar-refractivity contribution in [2.75, 3.05) is 6.54 Å². The Morgan fingerprint density at radius 2 is 2.19 bits per heavy atom. The van der Waals surface area contributed by atoms with Crippen molar-refractivity contribution < 1.29 is 4.79 Å². The largest absolute Gasteiger partial charge is 0.350 e. The van der Waals surface area contributed by atoms with E-state index in [1.54, 1.807) is 12.4 Å². The second-order valence-electron chi connectivity index (χ2n) is 3.67. The molecule has 88 valence electrons. The Hall–Kier alpha value is -1.49. The van der Waals surface area contributed by atoms with Gasteiger partial charge >= 0.3 is 0 Å². The predicted molar refractivity (Wildman–Crippen MR) is 61.5 cm³/mol. The van der Waals surface area contributed by atoms with Crippen molar-refractivity contribution in [3.63, 3.8) is 0 Å². The van der Waals surface area contributed by atoms with Crippen molar-refractivity contribution in [1.82, 2.24) is 15.3 Å². The summed E-state index contributed by atoms with van der Waals surface area (Å²) in [5.74, 6) is 0.0378. The van der Waals surface area contributed by atoms with Gasteiger partial charge in [0.05, 0.1) is 24.1 Å². The van der Waals surface area contributed by atoms with Crippen LogP contribution in [0.4, 0.5) is 0 Å². The van der Waals surface area contributed by atoms with E-state index < -0.39 is 0 Å². The minimum absolute atomic E-state index is 0.0378. The van der Waals surface area contributed by atoms with Crippen LogP contribution in [-0.4, -0.2) is 22.4 Å². The van der Waals surface area contributed by atoms with Crippen molar-refractivity contribution in [3.05, 3.63) is 23.8 Å². The molecule has 0 saturated carbocycles. The fourth-order valence-corrected chi connectivity index (χ4v) is 1.22. The molecule has 5 nitrogen and oxygen atoms in total. The third-order valence-electron chi connectivity index (χ3n) is 2.16. The summed E-state index contributed by atoms with van der Waals surface area (Å²) in [5, 5.41) is 2.80. The zero-order valence-electron chi connectivity index (χ0n) is 9.57. The molecule has 0 saturated heterocycles. The summed E-state index contributed by atoms with van der Waals surface area (Å²) in [5.41, 5.74) is 6.99. The van der Waals surface area contributed by atoms with E-state index in [9.17, 15) is 4.79 Å². The Balaban J connectivity index is 2.23. The molecule has 0 atom stereocenters. The van der Waals surface area contributed by atoms with Gasteiger partial charge in [0, 0.05) is 12.6 Å². The lowest BCUT2D eigenvalue weighted by Gasteiger charge is -2.04. The van der Waals surface area contributed by atoms with E-state index in [0.29, 0.717) is 19.5 Å². The van der Waals surface area contributed by atoms with Crippen molar-refractivity contribution >= 4 is 5.91 Å². The van der Waals surface area contributed by atoms with Gasteiger partial charge in [-0.3, -0.25) is 14.8 Å². The van der Waals surface area contributed by atoms with Crippen LogP contribution in [0, 0.1) is 6.92 Å². The fourth-order valence-electron chi connectivity index (χ4n) is 1.22. The molecule has 0 aliphatic heterocycles. The third kappa shape index (κ3) is 4.84. The topological polar surface area (TPSA) is 80.9 Å². The number of carbonyl (C=O) groups excluding carboxylic acids is 1. The molecule has 5 heteroatoms. The van der Waals surface area contributed by atoms with Gasteiger partial charge in [-0.15, -0.1) is 0 Å². The molecule has 16 heavy (non-hydrogen) atoms. The number of nitrogens with one attached hydrogen (secondary N) is 1. The number of hydrogen-bond donors (Lipinski definition) is 2. The van der Waals surface area contributed by atoms with Gasteiger partial charge in [0.15, 0.2) is 0 Å². The van der Waals surface area contributed by atoms with Crippen LogP contribution in [0.1, 0.15) is 30.7 Å². The van der Waals surface area contributed by atoms with Crippen LogP contribution in [0.5, 0.6) is 0 Å². The Bertz CT molecular complexity index is 323. The Morgan fingerprint density at radius 1 is 1.38 bits per heavy atom. The van der Waals surface area contributed by atoms with Crippen LogP contribution in [0.2, 0.25) is 0 Å². The van der Waals surface area contributed by atoms with Crippen LogP contribution in [0.3, 0.4) is 0 Å². The molecular formula is C11H18N4O. The van der Waals surface area contributed by atoms with Crippen LogP contribution in [0.15, 0.2) is 12.4 Å². The summed E-state index contributed by atoms with van der Waals surface area (Å²) < 4.78 is 0. The van der Waals surface area contributed by atoms with E-state index in [1.165, 1.54) is 0 Å². The van der Waals surface area contributed by atoms with Gasteiger partial charge < -0.3 is 11.1 Å². The molecule has 1 aromatic rings. The average Bonchev–Trinajstić information content (AvgIpc) is 2.29. The number of carbonyl (C=O) groups is 1. The lowest BCUT2D eigenvalue weighted by atomic mass is 10.2. The molecule has 0 aromatic carbocycles. The number of nitrogens with two attached hydrogens (primary N) is 1. The fraction of sp³-hybridized carbons (Fsp3) is 0.545. The number of nitrogens with zero attached hydrogens (tertiary/aromatic N) is 2. The molecule has 3 N–H and O–H groups in total.